The molecule has 0 aliphatic heterocycles. The van der Waals surface area contributed by atoms with E-state index < -0.39 is 0 Å². The topological polar surface area (TPSA) is 71.1 Å². The Kier molecular flexibility index (Phi) is 8.93. The van der Waals surface area contributed by atoms with Gasteiger partial charge < -0.3 is 10.6 Å². The molecule has 1 atom stereocenters. The van der Waals surface area contributed by atoms with Crippen LogP contribution in [0.5, 0.6) is 0 Å². The van der Waals surface area contributed by atoms with Crippen molar-refractivity contribution in [3.63, 3.8) is 0 Å². The molecule has 0 aliphatic carbocycles. The van der Waals surface area contributed by atoms with Gasteiger partial charge in [-0.15, -0.1) is 23.1 Å². The molecule has 0 saturated carbocycles. The number of carbonyl (C=O) groups is 2. The van der Waals surface area contributed by atoms with Crippen LogP contribution in [-0.2, 0) is 4.79 Å². The SMILES string of the molecule is CCC(Sc1cccc(NC(=O)c2ccc(Cl)cc2Cl)c1)C(=O)Nc1nc(-c2ccccc2Cl)cs1. The van der Waals surface area contributed by atoms with Gasteiger partial charge in [-0.2, -0.15) is 0 Å². The quantitative estimate of drug-likeness (QED) is 0.206. The van der Waals surface area contributed by atoms with Gasteiger partial charge in [0.2, 0.25) is 5.91 Å². The molecule has 0 saturated heterocycles. The molecule has 10 heteroatoms. The molecule has 3 aromatic carbocycles. The largest absolute Gasteiger partial charge is 0.322 e. The third-order valence-corrected chi connectivity index (χ3v) is 8.09. The van der Waals surface area contributed by atoms with Gasteiger partial charge in [-0.25, -0.2) is 4.98 Å². The van der Waals surface area contributed by atoms with Crippen molar-refractivity contribution in [2.24, 2.45) is 0 Å². The van der Waals surface area contributed by atoms with Gasteiger partial charge >= 0.3 is 0 Å². The first-order valence-corrected chi connectivity index (χ1v) is 13.8. The molecule has 0 spiro atoms. The number of thiazole rings is 1. The lowest BCUT2D eigenvalue weighted by atomic mass is 10.2. The number of thioether (sulfide) groups is 1. The van der Waals surface area contributed by atoms with Gasteiger partial charge in [0.05, 0.1) is 21.5 Å². The van der Waals surface area contributed by atoms with Crippen LogP contribution in [0.4, 0.5) is 10.8 Å². The number of hydrogen-bond acceptors (Lipinski definition) is 5. The fourth-order valence-electron chi connectivity index (χ4n) is 3.32. The second kappa shape index (κ2) is 12.1. The van der Waals surface area contributed by atoms with E-state index in [0.29, 0.717) is 38.5 Å². The minimum atomic E-state index is -0.352. The molecule has 0 bridgehead atoms. The summed E-state index contributed by atoms with van der Waals surface area (Å²) in [7, 11) is 0. The Labute approximate surface area is 232 Å². The number of benzene rings is 3. The lowest BCUT2D eigenvalue weighted by Crippen LogP contribution is -2.24. The lowest BCUT2D eigenvalue weighted by molar-refractivity contribution is -0.115. The Morgan fingerprint density at radius 1 is 0.972 bits per heavy atom. The number of amides is 2. The molecule has 1 heterocycles. The summed E-state index contributed by atoms with van der Waals surface area (Å²) in [4.78, 5) is 31.0. The summed E-state index contributed by atoms with van der Waals surface area (Å²) in [5, 5.41) is 9.11. The number of nitrogens with one attached hydrogen (secondary N) is 2. The first kappa shape index (κ1) is 26.5. The summed E-state index contributed by atoms with van der Waals surface area (Å²) in [5.41, 5.74) is 2.45. The van der Waals surface area contributed by atoms with Crippen molar-refractivity contribution >= 4 is 80.5 Å². The summed E-state index contributed by atoms with van der Waals surface area (Å²) >= 11 is 21.1. The summed E-state index contributed by atoms with van der Waals surface area (Å²) in [5.74, 6) is -0.494. The molecule has 184 valence electrons. The highest BCUT2D eigenvalue weighted by atomic mass is 35.5. The zero-order chi connectivity index (χ0) is 25.7. The van der Waals surface area contributed by atoms with E-state index in [4.69, 9.17) is 34.8 Å². The fraction of sp³-hybridized carbons (Fsp3) is 0.115. The van der Waals surface area contributed by atoms with Crippen LogP contribution in [0.1, 0.15) is 23.7 Å². The molecule has 1 unspecified atom stereocenters. The van der Waals surface area contributed by atoms with Gasteiger partial charge in [0.1, 0.15) is 0 Å². The number of aromatic nitrogens is 1. The van der Waals surface area contributed by atoms with Crippen molar-refractivity contribution in [3.8, 4) is 11.3 Å². The highest BCUT2D eigenvalue weighted by Gasteiger charge is 2.20. The van der Waals surface area contributed by atoms with E-state index in [9.17, 15) is 9.59 Å². The van der Waals surface area contributed by atoms with E-state index >= 15 is 0 Å². The standard InChI is InChI=1S/C26H20Cl3N3O2S2/c1-2-23(25(34)32-26-31-22(14-35-26)18-8-3-4-9-20(18)28)36-17-7-5-6-16(13-17)30-24(33)19-11-10-15(27)12-21(19)29/h3-14,23H,2H2,1H3,(H,30,33)(H,31,32,34). The zero-order valence-corrected chi connectivity index (χ0v) is 22.8. The smallest absolute Gasteiger partial charge is 0.257 e. The van der Waals surface area contributed by atoms with E-state index in [1.807, 2.05) is 48.7 Å². The highest BCUT2D eigenvalue weighted by molar-refractivity contribution is 8.00. The van der Waals surface area contributed by atoms with Crippen LogP contribution in [0.3, 0.4) is 0 Å². The second-order valence-corrected chi connectivity index (χ2v) is 11.0. The molecular weight excluding hydrogens is 557 g/mol. The Balaban J connectivity index is 1.41. The number of hydrogen-bond donors (Lipinski definition) is 2. The van der Waals surface area contributed by atoms with E-state index in [-0.39, 0.29) is 22.1 Å². The Hall–Kier alpha value is -2.55. The van der Waals surface area contributed by atoms with Gasteiger partial charge in [0.25, 0.3) is 5.91 Å². The summed E-state index contributed by atoms with van der Waals surface area (Å²) in [6, 6.07) is 19.5. The Bertz CT molecular complexity index is 1410. The van der Waals surface area contributed by atoms with Crippen molar-refractivity contribution in [1.82, 2.24) is 4.98 Å². The van der Waals surface area contributed by atoms with E-state index in [1.165, 1.54) is 29.2 Å². The maximum atomic E-state index is 13.0. The molecule has 0 radical (unpaired) electrons. The van der Waals surface area contributed by atoms with E-state index in [1.54, 1.807) is 24.3 Å². The molecule has 1 aromatic heterocycles. The van der Waals surface area contributed by atoms with Gasteiger partial charge in [-0.3, -0.25) is 9.59 Å². The van der Waals surface area contributed by atoms with Crippen LogP contribution in [0, 0.1) is 0 Å². The van der Waals surface area contributed by atoms with Gasteiger partial charge in [0, 0.05) is 31.6 Å². The van der Waals surface area contributed by atoms with E-state index in [2.05, 4.69) is 15.6 Å². The van der Waals surface area contributed by atoms with Crippen molar-refractivity contribution in [2.45, 2.75) is 23.5 Å². The molecule has 2 N–H and O–H groups in total. The van der Waals surface area contributed by atoms with E-state index in [0.717, 1.165) is 10.5 Å². The number of anilines is 2. The first-order valence-electron chi connectivity index (χ1n) is 10.9. The predicted molar refractivity (Wildman–Crippen MR) is 152 cm³/mol. The second-order valence-electron chi connectivity index (χ2n) is 7.63. The Morgan fingerprint density at radius 2 is 1.78 bits per heavy atom. The molecule has 4 rings (SSSR count). The summed E-state index contributed by atoms with van der Waals surface area (Å²) < 4.78 is 0. The highest BCUT2D eigenvalue weighted by Crippen LogP contribution is 2.32. The average Bonchev–Trinajstić information content (AvgIpc) is 3.31. The third kappa shape index (κ3) is 6.60. The first-order chi connectivity index (χ1) is 17.3. The lowest BCUT2D eigenvalue weighted by Gasteiger charge is -2.14. The molecule has 2 amide bonds. The minimum Gasteiger partial charge on any atom is -0.322 e. The molecule has 0 aliphatic rings. The monoisotopic (exact) mass is 575 g/mol. The number of rotatable bonds is 8. The third-order valence-electron chi connectivity index (χ3n) is 5.09. The maximum Gasteiger partial charge on any atom is 0.257 e. The maximum absolute atomic E-state index is 13.0. The van der Waals surface area contributed by atoms with Crippen LogP contribution in [0.25, 0.3) is 11.3 Å². The van der Waals surface area contributed by atoms with Gasteiger partial charge in [0.15, 0.2) is 5.13 Å². The van der Waals surface area contributed by atoms with Crippen molar-refractivity contribution in [3.05, 3.63) is 92.7 Å². The van der Waals surface area contributed by atoms with Crippen molar-refractivity contribution in [2.75, 3.05) is 10.6 Å². The Morgan fingerprint density at radius 3 is 2.53 bits per heavy atom. The van der Waals surface area contributed by atoms with Gasteiger partial charge in [-0.1, -0.05) is 66.0 Å². The molecule has 5 nitrogen and oxygen atoms in total. The molecule has 4 aromatic rings. The van der Waals surface area contributed by atoms with Crippen LogP contribution in [0.2, 0.25) is 15.1 Å². The zero-order valence-electron chi connectivity index (χ0n) is 18.9. The van der Waals surface area contributed by atoms with Gasteiger partial charge in [-0.05, 0) is 48.9 Å². The number of nitrogens with zero attached hydrogens (tertiary/aromatic N) is 1. The normalized spacial score (nSPS) is 11.7. The van der Waals surface area contributed by atoms with Crippen molar-refractivity contribution < 1.29 is 9.59 Å². The van der Waals surface area contributed by atoms with Crippen LogP contribution >= 0.6 is 57.9 Å². The molecule has 0 fully saturated rings. The average molecular weight is 577 g/mol. The molecular formula is C26H20Cl3N3O2S2. The summed E-state index contributed by atoms with van der Waals surface area (Å²) in [6.45, 7) is 1.95. The predicted octanol–water partition coefficient (Wildman–Crippen LogP) is 8.53. The summed E-state index contributed by atoms with van der Waals surface area (Å²) in [6.07, 6.45) is 0.607. The fourth-order valence-corrected chi connectivity index (χ4v) is 5.77. The number of carbonyl (C=O) groups excluding carboxylic acids is 2. The van der Waals surface area contributed by atoms with Crippen LogP contribution < -0.4 is 10.6 Å². The molecule has 36 heavy (non-hydrogen) atoms. The van der Waals surface area contributed by atoms with Crippen LogP contribution in [-0.4, -0.2) is 22.0 Å². The van der Waals surface area contributed by atoms with Crippen LogP contribution in [0.15, 0.2) is 77.0 Å². The van der Waals surface area contributed by atoms with Crippen molar-refractivity contribution in [1.29, 1.82) is 0 Å². The minimum absolute atomic E-state index is 0.148. The number of halogens is 3.